The fourth-order valence-corrected chi connectivity index (χ4v) is 6.12. The average Bonchev–Trinajstić information content (AvgIpc) is 3.30. The summed E-state index contributed by atoms with van der Waals surface area (Å²) < 4.78 is 1.47. The number of fused-ring (bicyclic) bond motifs is 3. The number of anilines is 1. The van der Waals surface area contributed by atoms with Gasteiger partial charge < -0.3 is 4.90 Å². The molecule has 1 aliphatic heterocycles. The molecule has 6 rings (SSSR count). The van der Waals surface area contributed by atoms with E-state index in [2.05, 4.69) is 29.2 Å². The van der Waals surface area contributed by atoms with Crippen LogP contribution in [-0.2, 0) is 30.6 Å². The lowest BCUT2D eigenvalue weighted by Crippen LogP contribution is -2.39. The van der Waals surface area contributed by atoms with Crippen molar-refractivity contribution in [2.45, 2.75) is 45.1 Å². The Kier molecular flexibility index (Phi) is 5.10. The fourth-order valence-electron chi connectivity index (χ4n) is 5.22. The molecular weight excluding hydrogens is 430 g/mol. The van der Waals surface area contributed by atoms with Crippen molar-refractivity contribution in [3.63, 3.8) is 0 Å². The first kappa shape index (κ1) is 20.4. The van der Waals surface area contributed by atoms with E-state index >= 15 is 0 Å². The monoisotopic (exact) mass is 455 g/mol. The second-order valence-electron chi connectivity index (χ2n) is 8.98. The van der Waals surface area contributed by atoms with Crippen LogP contribution >= 0.6 is 11.3 Å². The summed E-state index contributed by atoms with van der Waals surface area (Å²) in [5.74, 6) is -0.0732. The average molecular weight is 456 g/mol. The van der Waals surface area contributed by atoms with E-state index in [1.54, 1.807) is 0 Å². The Morgan fingerprint density at radius 1 is 0.970 bits per heavy atom. The Bertz CT molecular complexity index is 1440. The molecular formula is C27H25N3O2S. The summed E-state index contributed by atoms with van der Waals surface area (Å²) in [6.07, 6.45) is 8.13. The molecule has 2 aliphatic rings. The summed E-state index contributed by atoms with van der Waals surface area (Å²) in [6, 6.07) is 14.6. The van der Waals surface area contributed by atoms with Crippen molar-refractivity contribution in [1.82, 2.24) is 9.55 Å². The lowest BCUT2D eigenvalue weighted by atomic mass is 9.89. The maximum Gasteiger partial charge on any atom is 0.263 e. The van der Waals surface area contributed by atoms with Crippen LogP contribution in [0.4, 0.5) is 5.69 Å². The maximum atomic E-state index is 13.5. The van der Waals surface area contributed by atoms with Crippen LogP contribution in [0.2, 0.25) is 0 Å². The molecule has 4 aromatic rings. The van der Waals surface area contributed by atoms with Gasteiger partial charge in [-0.2, -0.15) is 0 Å². The number of rotatable bonds is 3. The smallest absolute Gasteiger partial charge is 0.263 e. The van der Waals surface area contributed by atoms with E-state index in [-0.39, 0.29) is 18.0 Å². The molecule has 0 atom stereocenters. The third-order valence-corrected chi connectivity index (χ3v) is 7.82. The summed E-state index contributed by atoms with van der Waals surface area (Å²) in [5.41, 5.74) is 6.80. The van der Waals surface area contributed by atoms with Crippen molar-refractivity contribution in [1.29, 1.82) is 0 Å². The molecule has 0 fully saturated rings. The van der Waals surface area contributed by atoms with Gasteiger partial charge in [-0.3, -0.25) is 14.2 Å². The molecule has 0 saturated heterocycles. The van der Waals surface area contributed by atoms with Crippen LogP contribution in [0.3, 0.4) is 0 Å². The molecule has 1 aliphatic carbocycles. The van der Waals surface area contributed by atoms with E-state index in [1.165, 1.54) is 51.8 Å². The van der Waals surface area contributed by atoms with Crippen molar-refractivity contribution < 1.29 is 4.79 Å². The van der Waals surface area contributed by atoms with Crippen LogP contribution in [0.1, 0.15) is 36.0 Å². The van der Waals surface area contributed by atoms with E-state index in [9.17, 15) is 9.59 Å². The summed E-state index contributed by atoms with van der Waals surface area (Å²) in [4.78, 5) is 33.8. The minimum absolute atomic E-state index is 0.00438. The predicted octanol–water partition coefficient (Wildman–Crippen LogP) is 4.98. The highest BCUT2D eigenvalue weighted by molar-refractivity contribution is 7.17. The summed E-state index contributed by atoms with van der Waals surface area (Å²) >= 11 is 1.49. The van der Waals surface area contributed by atoms with E-state index in [0.717, 1.165) is 47.3 Å². The minimum Gasteiger partial charge on any atom is -0.311 e. The molecule has 166 valence electrons. The summed E-state index contributed by atoms with van der Waals surface area (Å²) in [5, 5.41) is 2.64. The van der Waals surface area contributed by atoms with Crippen molar-refractivity contribution in [2.24, 2.45) is 0 Å². The van der Waals surface area contributed by atoms with Gasteiger partial charge in [0.25, 0.3) is 5.56 Å². The quantitative estimate of drug-likeness (QED) is 0.438. The Morgan fingerprint density at radius 3 is 2.70 bits per heavy atom. The Balaban J connectivity index is 1.36. The molecule has 6 heteroatoms. The second-order valence-corrected chi connectivity index (χ2v) is 9.83. The molecule has 2 aromatic carbocycles. The molecule has 33 heavy (non-hydrogen) atoms. The van der Waals surface area contributed by atoms with Gasteiger partial charge in [-0.25, -0.2) is 4.98 Å². The van der Waals surface area contributed by atoms with Gasteiger partial charge in [0.2, 0.25) is 5.91 Å². The van der Waals surface area contributed by atoms with E-state index in [0.29, 0.717) is 11.9 Å². The first-order valence-electron chi connectivity index (χ1n) is 11.7. The number of benzene rings is 2. The zero-order chi connectivity index (χ0) is 22.4. The van der Waals surface area contributed by atoms with Crippen LogP contribution in [0.25, 0.3) is 21.3 Å². The molecule has 2 aromatic heterocycles. The highest BCUT2D eigenvalue weighted by Gasteiger charge is 2.23. The van der Waals surface area contributed by atoms with Crippen LogP contribution in [0.5, 0.6) is 0 Å². The molecule has 0 N–H and O–H groups in total. The zero-order valence-corrected chi connectivity index (χ0v) is 19.2. The van der Waals surface area contributed by atoms with Crippen molar-refractivity contribution >= 4 is 33.1 Å². The second kappa shape index (κ2) is 8.27. The number of aryl methyl sites for hydroxylation is 3. The summed E-state index contributed by atoms with van der Waals surface area (Å²) in [6.45, 7) is 0.675. The number of amides is 1. The third kappa shape index (κ3) is 3.59. The lowest BCUT2D eigenvalue weighted by Gasteiger charge is -2.29. The van der Waals surface area contributed by atoms with Crippen LogP contribution in [0, 0.1) is 0 Å². The Morgan fingerprint density at radius 2 is 1.79 bits per heavy atom. The molecule has 0 radical (unpaired) electrons. The number of thiophene rings is 1. The van der Waals surface area contributed by atoms with Gasteiger partial charge >= 0.3 is 0 Å². The summed E-state index contributed by atoms with van der Waals surface area (Å²) in [7, 11) is 0. The molecule has 0 saturated carbocycles. The Labute approximate surface area is 196 Å². The van der Waals surface area contributed by atoms with Crippen molar-refractivity contribution in [2.75, 3.05) is 11.4 Å². The van der Waals surface area contributed by atoms with Crippen LogP contribution in [0.15, 0.2) is 59.0 Å². The zero-order valence-electron chi connectivity index (χ0n) is 18.4. The maximum absolute atomic E-state index is 13.5. The van der Waals surface area contributed by atoms with E-state index < -0.39 is 0 Å². The molecule has 3 heterocycles. The number of para-hydroxylation sites is 1. The number of nitrogens with zero attached hydrogens (tertiary/aromatic N) is 3. The van der Waals surface area contributed by atoms with Gasteiger partial charge in [0.1, 0.15) is 11.4 Å². The molecule has 1 amide bonds. The van der Waals surface area contributed by atoms with Gasteiger partial charge in [0.05, 0.1) is 11.7 Å². The standard InChI is InChI=1S/C27H25N3O2S/c31-24(30-13-5-9-19-7-3-4-10-23(19)30)15-29-17-28-26-25(27(29)32)22(16-33-26)21-12-11-18-6-1-2-8-20(18)14-21/h3-4,7,10-12,14,16-17H,1-2,5-6,8-9,13,15H2. The number of hydrogen-bond donors (Lipinski definition) is 0. The first-order valence-corrected chi connectivity index (χ1v) is 12.5. The molecule has 0 bridgehead atoms. The van der Waals surface area contributed by atoms with E-state index in [1.807, 2.05) is 28.5 Å². The number of carbonyl (C=O) groups excluding carboxylic acids is 1. The predicted molar refractivity (Wildman–Crippen MR) is 133 cm³/mol. The number of hydrogen-bond acceptors (Lipinski definition) is 4. The van der Waals surface area contributed by atoms with Crippen LogP contribution in [-0.4, -0.2) is 22.0 Å². The first-order chi connectivity index (χ1) is 16.2. The van der Waals surface area contributed by atoms with Gasteiger partial charge in [-0.15, -0.1) is 11.3 Å². The normalized spacial score (nSPS) is 15.3. The minimum atomic E-state index is -0.146. The SMILES string of the molecule is O=C(Cn1cnc2scc(-c3ccc4c(c3)CCCC4)c2c1=O)N1CCCc2ccccc21. The number of aromatic nitrogens is 2. The van der Waals surface area contributed by atoms with Crippen molar-refractivity contribution in [3.05, 3.63) is 81.2 Å². The highest BCUT2D eigenvalue weighted by atomic mass is 32.1. The van der Waals surface area contributed by atoms with Gasteiger partial charge in [0, 0.05) is 23.2 Å². The van der Waals surface area contributed by atoms with Gasteiger partial charge in [0.15, 0.2) is 0 Å². The third-order valence-electron chi connectivity index (χ3n) is 6.94. The molecule has 0 unspecified atom stereocenters. The van der Waals surface area contributed by atoms with E-state index in [4.69, 9.17) is 0 Å². The van der Waals surface area contributed by atoms with Crippen LogP contribution < -0.4 is 10.5 Å². The topological polar surface area (TPSA) is 55.2 Å². The van der Waals surface area contributed by atoms with Crippen molar-refractivity contribution in [3.8, 4) is 11.1 Å². The largest absolute Gasteiger partial charge is 0.311 e. The lowest BCUT2D eigenvalue weighted by molar-refractivity contribution is -0.119. The molecule has 0 spiro atoms. The highest BCUT2D eigenvalue weighted by Crippen LogP contribution is 2.33. The number of carbonyl (C=O) groups is 1. The fraction of sp³-hybridized carbons (Fsp3) is 0.296. The Hall–Kier alpha value is -3.25. The molecule has 5 nitrogen and oxygen atoms in total. The van der Waals surface area contributed by atoms with Gasteiger partial charge in [-0.1, -0.05) is 36.4 Å². The van der Waals surface area contributed by atoms with Gasteiger partial charge in [-0.05, 0) is 66.8 Å².